The lowest BCUT2D eigenvalue weighted by Gasteiger charge is -2.71. The van der Waals surface area contributed by atoms with E-state index in [2.05, 4.69) is 47.6 Å². The molecule has 6 nitrogen and oxygen atoms in total. The Kier molecular flexibility index (Phi) is 7.70. The monoisotopic (exact) mass is 618 g/mol. The van der Waals surface area contributed by atoms with Crippen LogP contribution in [-0.4, -0.2) is 40.0 Å². The summed E-state index contributed by atoms with van der Waals surface area (Å²) in [6, 6.07) is 6.64. The zero-order valence-electron chi connectivity index (χ0n) is 28.2. The third-order valence-electron chi connectivity index (χ3n) is 14.7. The number of rotatable bonds is 5. The average molecular weight is 619 g/mol. The van der Waals surface area contributed by atoms with Crippen LogP contribution in [0.4, 0.5) is 0 Å². The summed E-state index contributed by atoms with van der Waals surface area (Å²) in [4.78, 5) is 25.8. The molecule has 0 saturated heterocycles. The van der Waals surface area contributed by atoms with Gasteiger partial charge in [0.2, 0.25) is 0 Å². The van der Waals surface area contributed by atoms with Gasteiger partial charge in [-0.1, -0.05) is 65.3 Å². The number of esters is 1. The van der Waals surface area contributed by atoms with E-state index in [4.69, 9.17) is 4.74 Å². The fraction of sp³-hybridized carbons (Fsp3) is 0.692. The zero-order valence-corrected chi connectivity index (χ0v) is 28.2. The van der Waals surface area contributed by atoms with E-state index < -0.39 is 28.9 Å². The average Bonchev–Trinajstić information content (AvgIpc) is 2.98. The number of benzene rings is 1. The molecule has 0 aromatic heterocycles. The van der Waals surface area contributed by atoms with E-state index in [0.29, 0.717) is 12.3 Å². The van der Waals surface area contributed by atoms with Crippen molar-refractivity contribution in [3.63, 3.8) is 0 Å². The SMILES string of the molecule is CC1(C)CC[C@]2(C(=O)O)CC[C@]3(C)C(=CC[C@@H]4[C@@]5(C)CC[C@H](O)[C@@](C)(COC(=O)C=Cc6ccc(O)cc6)[C@@H]5CC[C@]43C)[C@@H]2C1. The molecule has 246 valence electrons. The molecule has 1 aromatic carbocycles. The van der Waals surface area contributed by atoms with Crippen LogP contribution in [0.2, 0.25) is 0 Å². The number of hydrogen-bond acceptors (Lipinski definition) is 5. The molecular weight excluding hydrogens is 564 g/mol. The molecule has 1 aromatic rings. The zero-order chi connectivity index (χ0) is 32.6. The molecule has 0 spiro atoms. The maximum absolute atomic E-state index is 12.9. The minimum Gasteiger partial charge on any atom is -0.508 e. The predicted molar refractivity (Wildman–Crippen MR) is 175 cm³/mol. The van der Waals surface area contributed by atoms with Crippen molar-refractivity contribution in [3.05, 3.63) is 47.6 Å². The van der Waals surface area contributed by atoms with Gasteiger partial charge < -0.3 is 20.1 Å². The molecule has 9 atom stereocenters. The number of carbonyl (C=O) groups is 2. The standard InChI is InChI=1S/C39H54O6/c1-34(2)19-21-39(33(43)44)22-20-37(5)27(28(39)23-34)12-13-30-35(3)17-16-31(41)36(4,29(35)15-18-38(30,37)6)24-45-32(42)14-9-25-7-10-26(40)11-8-25/h7-12,14,28-31,40-41H,13,15-24H2,1-6H3,(H,43,44)/t28-,29+,30+,31-,35-,36-,37+,38+,39-/m0/s1. The van der Waals surface area contributed by atoms with Crippen LogP contribution in [0, 0.1) is 50.2 Å². The molecule has 0 aliphatic heterocycles. The number of aliphatic hydroxyl groups is 1. The number of aliphatic hydroxyl groups excluding tert-OH is 1. The molecule has 5 aliphatic carbocycles. The highest BCUT2D eigenvalue weighted by atomic mass is 16.5. The van der Waals surface area contributed by atoms with Crippen LogP contribution in [-0.2, 0) is 14.3 Å². The van der Waals surface area contributed by atoms with E-state index >= 15 is 0 Å². The minimum absolute atomic E-state index is 0.0291. The van der Waals surface area contributed by atoms with Crippen LogP contribution in [0.15, 0.2) is 42.0 Å². The van der Waals surface area contributed by atoms with Gasteiger partial charge in [-0.15, -0.1) is 0 Å². The van der Waals surface area contributed by atoms with Gasteiger partial charge in [0, 0.05) is 11.5 Å². The molecule has 6 heteroatoms. The summed E-state index contributed by atoms with van der Waals surface area (Å²) in [6.45, 7) is 14.3. The molecule has 45 heavy (non-hydrogen) atoms. The molecule has 3 N–H and O–H groups in total. The Bertz CT molecular complexity index is 1410. The smallest absolute Gasteiger partial charge is 0.330 e. The van der Waals surface area contributed by atoms with Gasteiger partial charge in [-0.3, -0.25) is 4.79 Å². The Hall–Kier alpha value is -2.60. The highest BCUT2D eigenvalue weighted by Gasteiger charge is 2.69. The quantitative estimate of drug-likeness (QED) is 0.175. The third kappa shape index (κ3) is 4.83. The number of allylic oxidation sites excluding steroid dienone is 2. The van der Waals surface area contributed by atoms with Crippen molar-refractivity contribution < 1.29 is 29.6 Å². The Labute approximate surface area is 269 Å². The largest absolute Gasteiger partial charge is 0.508 e. The van der Waals surface area contributed by atoms with E-state index in [1.165, 1.54) is 11.6 Å². The molecule has 4 fully saturated rings. The lowest BCUT2D eigenvalue weighted by molar-refractivity contribution is -0.219. The number of carboxylic acid groups (broad SMARTS) is 1. The van der Waals surface area contributed by atoms with Gasteiger partial charge in [-0.2, -0.15) is 0 Å². The second-order valence-electron chi connectivity index (χ2n) is 17.3. The normalized spacial score (nSPS) is 43.7. The summed E-state index contributed by atoms with van der Waals surface area (Å²) >= 11 is 0. The maximum atomic E-state index is 12.9. The molecule has 0 unspecified atom stereocenters. The second-order valence-corrected chi connectivity index (χ2v) is 17.3. The van der Waals surface area contributed by atoms with E-state index in [9.17, 15) is 24.9 Å². The molecule has 0 bridgehead atoms. The number of fused-ring (bicyclic) bond motifs is 7. The highest BCUT2D eigenvalue weighted by Crippen LogP contribution is 2.75. The highest BCUT2D eigenvalue weighted by molar-refractivity contribution is 5.87. The Morgan fingerprint density at radius 3 is 2.29 bits per heavy atom. The van der Waals surface area contributed by atoms with Crippen molar-refractivity contribution in [1.82, 2.24) is 0 Å². The first kappa shape index (κ1) is 32.3. The number of ether oxygens (including phenoxy) is 1. The first-order valence-electron chi connectivity index (χ1n) is 17.3. The van der Waals surface area contributed by atoms with Gasteiger partial charge in [-0.25, -0.2) is 4.79 Å². The summed E-state index contributed by atoms with van der Waals surface area (Å²) in [6.07, 6.45) is 14.0. The number of aromatic hydroxyl groups is 1. The van der Waals surface area contributed by atoms with Gasteiger partial charge in [0.25, 0.3) is 0 Å². The molecule has 0 radical (unpaired) electrons. The van der Waals surface area contributed by atoms with Gasteiger partial charge >= 0.3 is 11.9 Å². The topological polar surface area (TPSA) is 104 Å². The lowest BCUT2D eigenvalue weighted by atomic mass is 9.33. The van der Waals surface area contributed by atoms with Crippen molar-refractivity contribution in [1.29, 1.82) is 0 Å². The lowest BCUT2D eigenvalue weighted by Crippen LogP contribution is -2.66. The van der Waals surface area contributed by atoms with Crippen molar-refractivity contribution in [2.24, 2.45) is 50.2 Å². The number of carbonyl (C=O) groups excluding carboxylic acids is 1. The van der Waals surface area contributed by atoms with Crippen molar-refractivity contribution >= 4 is 18.0 Å². The predicted octanol–water partition coefficient (Wildman–Crippen LogP) is 8.18. The van der Waals surface area contributed by atoms with E-state index in [1.807, 2.05) is 0 Å². The van der Waals surface area contributed by atoms with Crippen LogP contribution in [0.3, 0.4) is 0 Å². The van der Waals surface area contributed by atoms with Crippen molar-refractivity contribution in [3.8, 4) is 5.75 Å². The van der Waals surface area contributed by atoms with Gasteiger partial charge in [0.05, 0.1) is 18.1 Å². The Balaban J connectivity index is 1.27. The fourth-order valence-electron chi connectivity index (χ4n) is 11.7. The second kappa shape index (κ2) is 10.7. The third-order valence-corrected chi connectivity index (χ3v) is 14.7. The van der Waals surface area contributed by atoms with E-state index in [1.54, 1.807) is 30.3 Å². The molecule has 5 aliphatic rings. The van der Waals surface area contributed by atoms with Crippen LogP contribution in [0.25, 0.3) is 6.08 Å². The summed E-state index contributed by atoms with van der Waals surface area (Å²) < 4.78 is 5.87. The molecule has 6 rings (SSSR count). The number of hydrogen-bond donors (Lipinski definition) is 3. The number of phenolic OH excluding ortho intramolecular Hbond substituents is 1. The van der Waals surface area contributed by atoms with Crippen LogP contribution in [0.1, 0.15) is 111 Å². The molecule has 4 saturated carbocycles. The summed E-state index contributed by atoms with van der Waals surface area (Å²) in [5.41, 5.74) is 1.11. The molecule has 0 amide bonds. The first-order chi connectivity index (χ1) is 21.0. The summed E-state index contributed by atoms with van der Waals surface area (Å²) in [5.74, 6) is -0.152. The maximum Gasteiger partial charge on any atom is 0.330 e. The van der Waals surface area contributed by atoms with Gasteiger partial charge in [-0.05, 0) is 127 Å². The number of aliphatic carboxylic acids is 1. The summed E-state index contributed by atoms with van der Waals surface area (Å²) in [5, 5.41) is 31.6. The van der Waals surface area contributed by atoms with E-state index in [0.717, 1.165) is 63.4 Å². The van der Waals surface area contributed by atoms with Crippen molar-refractivity contribution in [2.75, 3.05) is 6.61 Å². The van der Waals surface area contributed by atoms with Crippen LogP contribution in [0.5, 0.6) is 5.75 Å². The Morgan fingerprint density at radius 1 is 0.911 bits per heavy atom. The minimum atomic E-state index is -0.640. The number of carboxylic acids is 1. The summed E-state index contributed by atoms with van der Waals surface area (Å²) in [7, 11) is 0. The number of phenols is 1. The first-order valence-corrected chi connectivity index (χ1v) is 17.3. The van der Waals surface area contributed by atoms with Gasteiger partial charge in [0.1, 0.15) is 5.75 Å². The van der Waals surface area contributed by atoms with E-state index in [-0.39, 0.29) is 45.9 Å². The fourth-order valence-corrected chi connectivity index (χ4v) is 11.7. The van der Waals surface area contributed by atoms with Crippen LogP contribution < -0.4 is 0 Å². The molecule has 0 heterocycles. The molecular formula is C39H54O6. The van der Waals surface area contributed by atoms with Crippen molar-refractivity contribution in [2.45, 2.75) is 112 Å². The Morgan fingerprint density at radius 2 is 1.60 bits per heavy atom. The van der Waals surface area contributed by atoms with Crippen LogP contribution >= 0.6 is 0 Å². The van der Waals surface area contributed by atoms with Gasteiger partial charge in [0.15, 0.2) is 0 Å².